The standard InChI is InChI=1S/C24H27FN2O5/c1-4-26(5-2)11-12-27-21(15-7-6-8-17(28)13-15)20(23(30)24(27)31)22(29)16-9-10-19(32-3)18(25)14-16/h6-10,13-14,21,28-29H,4-5,11-12H2,1-3H3/t21-/m0/s1. The van der Waals surface area contributed by atoms with Crippen molar-refractivity contribution in [2.45, 2.75) is 19.9 Å². The SMILES string of the molecule is CCN(CC)CCN1C(=O)C(=O)C(=C(O)c2ccc(OC)c(F)c2)[C@@H]1c1cccc(O)c1. The van der Waals surface area contributed by atoms with Gasteiger partial charge in [-0.15, -0.1) is 0 Å². The van der Waals surface area contributed by atoms with Crippen molar-refractivity contribution in [3.05, 3.63) is 65.0 Å². The number of ether oxygens (including phenoxy) is 1. The van der Waals surface area contributed by atoms with Crippen LogP contribution in [0, 0.1) is 5.82 Å². The molecule has 1 aliphatic heterocycles. The van der Waals surface area contributed by atoms with E-state index in [-0.39, 0.29) is 29.2 Å². The Morgan fingerprint density at radius 2 is 1.88 bits per heavy atom. The minimum atomic E-state index is -0.914. The largest absolute Gasteiger partial charge is 0.508 e. The van der Waals surface area contributed by atoms with Crippen LogP contribution in [0.3, 0.4) is 0 Å². The number of hydrogen-bond donors (Lipinski definition) is 2. The number of likely N-dealkylation sites (N-methyl/N-ethyl adjacent to an activating group) is 1. The minimum absolute atomic E-state index is 0.00856. The molecule has 0 aromatic heterocycles. The fraction of sp³-hybridized carbons (Fsp3) is 0.333. The normalized spacial score (nSPS) is 17.9. The van der Waals surface area contributed by atoms with Crippen LogP contribution < -0.4 is 4.74 Å². The predicted octanol–water partition coefficient (Wildman–Crippen LogP) is 3.30. The molecule has 2 aromatic carbocycles. The Hall–Kier alpha value is -3.39. The molecule has 1 aliphatic rings. The van der Waals surface area contributed by atoms with Gasteiger partial charge in [0.2, 0.25) is 0 Å². The van der Waals surface area contributed by atoms with Gasteiger partial charge in [0, 0.05) is 18.7 Å². The van der Waals surface area contributed by atoms with E-state index in [9.17, 15) is 24.2 Å². The maximum absolute atomic E-state index is 14.2. The molecule has 170 valence electrons. The lowest BCUT2D eigenvalue weighted by Gasteiger charge is -2.28. The lowest BCUT2D eigenvalue weighted by atomic mass is 9.95. The van der Waals surface area contributed by atoms with Crippen LogP contribution >= 0.6 is 0 Å². The van der Waals surface area contributed by atoms with Crippen molar-refractivity contribution in [2.24, 2.45) is 0 Å². The van der Waals surface area contributed by atoms with Crippen molar-refractivity contribution < 1.29 is 28.9 Å². The number of methoxy groups -OCH3 is 1. The third-order valence-electron chi connectivity index (χ3n) is 5.70. The van der Waals surface area contributed by atoms with Crippen LogP contribution in [-0.4, -0.2) is 65.0 Å². The highest BCUT2D eigenvalue weighted by Crippen LogP contribution is 2.40. The van der Waals surface area contributed by atoms with E-state index in [0.717, 1.165) is 19.2 Å². The van der Waals surface area contributed by atoms with Crippen molar-refractivity contribution in [3.63, 3.8) is 0 Å². The number of Topliss-reactive ketones (excluding diaryl/α,β-unsaturated/α-hetero) is 1. The molecule has 2 N–H and O–H groups in total. The fourth-order valence-electron chi connectivity index (χ4n) is 3.91. The van der Waals surface area contributed by atoms with E-state index in [1.807, 2.05) is 13.8 Å². The zero-order chi connectivity index (χ0) is 23.4. The number of nitrogens with zero attached hydrogens (tertiary/aromatic N) is 2. The Morgan fingerprint density at radius 3 is 2.47 bits per heavy atom. The Labute approximate surface area is 186 Å². The number of carbonyl (C=O) groups excluding carboxylic acids is 2. The number of phenols is 1. The summed E-state index contributed by atoms with van der Waals surface area (Å²) in [4.78, 5) is 29.4. The summed E-state index contributed by atoms with van der Waals surface area (Å²) in [6.45, 7) is 6.35. The van der Waals surface area contributed by atoms with Gasteiger partial charge >= 0.3 is 0 Å². The predicted molar refractivity (Wildman–Crippen MR) is 118 cm³/mol. The van der Waals surface area contributed by atoms with E-state index in [1.165, 1.54) is 36.3 Å². The summed E-state index contributed by atoms with van der Waals surface area (Å²) in [5, 5.41) is 21.0. The number of amides is 1. The first-order valence-electron chi connectivity index (χ1n) is 10.5. The van der Waals surface area contributed by atoms with Crippen LogP contribution in [0.15, 0.2) is 48.0 Å². The first kappa shape index (κ1) is 23.3. The summed E-state index contributed by atoms with van der Waals surface area (Å²) in [6, 6.07) is 9.09. The number of aliphatic hydroxyl groups excluding tert-OH is 1. The quantitative estimate of drug-likeness (QED) is 0.370. The number of hydrogen-bond acceptors (Lipinski definition) is 6. The first-order chi connectivity index (χ1) is 15.3. The van der Waals surface area contributed by atoms with Crippen LogP contribution in [0.5, 0.6) is 11.5 Å². The van der Waals surface area contributed by atoms with Gasteiger partial charge < -0.3 is 24.7 Å². The Morgan fingerprint density at radius 1 is 1.16 bits per heavy atom. The van der Waals surface area contributed by atoms with Gasteiger partial charge in [0.05, 0.1) is 18.7 Å². The van der Waals surface area contributed by atoms with Crippen molar-refractivity contribution in [1.29, 1.82) is 0 Å². The highest BCUT2D eigenvalue weighted by atomic mass is 19.1. The van der Waals surface area contributed by atoms with E-state index in [0.29, 0.717) is 12.1 Å². The molecule has 1 fully saturated rings. The molecule has 1 amide bonds. The topological polar surface area (TPSA) is 90.3 Å². The molecule has 0 radical (unpaired) electrons. The summed E-state index contributed by atoms with van der Waals surface area (Å²) >= 11 is 0. The van der Waals surface area contributed by atoms with Gasteiger partial charge in [0.1, 0.15) is 11.5 Å². The number of ketones is 1. The van der Waals surface area contributed by atoms with Crippen LogP contribution in [0.2, 0.25) is 0 Å². The van der Waals surface area contributed by atoms with E-state index in [4.69, 9.17) is 4.74 Å². The minimum Gasteiger partial charge on any atom is -0.508 e. The highest BCUT2D eigenvalue weighted by molar-refractivity contribution is 6.46. The average Bonchev–Trinajstić information content (AvgIpc) is 3.04. The maximum atomic E-state index is 14.2. The number of halogens is 1. The summed E-state index contributed by atoms with van der Waals surface area (Å²) in [7, 11) is 1.32. The number of rotatable bonds is 8. The summed E-state index contributed by atoms with van der Waals surface area (Å²) in [5.41, 5.74) is 0.374. The third-order valence-corrected chi connectivity index (χ3v) is 5.70. The second kappa shape index (κ2) is 9.82. The molecule has 0 aliphatic carbocycles. The number of carbonyl (C=O) groups is 2. The van der Waals surface area contributed by atoms with Crippen molar-refractivity contribution in [2.75, 3.05) is 33.3 Å². The van der Waals surface area contributed by atoms with Gasteiger partial charge in [-0.2, -0.15) is 0 Å². The van der Waals surface area contributed by atoms with E-state index >= 15 is 0 Å². The molecular weight excluding hydrogens is 415 g/mol. The molecule has 1 heterocycles. The lowest BCUT2D eigenvalue weighted by Crippen LogP contribution is -2.38. The van der Waals surface area contributed by atoms with E-state index in [2.05, 4.69) is 4.90 Å². The van der Waals surface area contributed by atoms with Crippen LogP contribution in [0.4, 0.5) is 4.39 Å². The van der Waals surface area contributed by atoms with Crippen LogP contribution in [-0.2, 0) is 9.59 Å². The Kier molecular flexibility index (Phi) is 7.15. The Bertz CT molecular complexity index is 1050. The fourth-order valence-corrected chi connectivity index (χ4v) is 3.91. The zero-order valence-corrected chi connectivity index (χ0v) is 18.3. The molecule has 0 unspecified atom stereocenters. The van der Waals surface area contributed by atoms with Gasteiger partial charge in [0.15, 0.2) is 11.6 Å². The van der Waals surface area contributed by atoms with Gasteiger partial charge in [-0.05, 0) is 49.0 Å². The van der Waals surface area contributed by atoms with Crippen molar-refractivity contribution in [1.82, 2.24) is 9.80 Å². The van der Waals surface area contributed by atoms with Crippen LogP contribution in [0.25, 0.3) is 5.76 Å². The van der Waals surface area contributed by atoms with E-state index in [1.54, 1.807) is 12.1 Å². The van der Waals surface area contributed by atoms with Gasteiger partial charge in [0.25, 0.3) is 11.7 Å². The van der Waals surface area contributed by atoms with Crippen LogP contribution in [0.1, 0.15) is 31.0 Å². The monoisotopic (exact) mass is 442 g/mol. The number of phenolic OH excluding ortho intramolecular Hbond substituents is 1. The molecule has 8 heteroatoms. The highest BCUT2D eigenvalue weighted by Gasteiger charge is 2.46. The molecule has 3 rings (SSSR count). The number of likely N-dealkylation sites (tertiary alicyclic amines) is 1. The zero-order valence-electron chi connectivity index (χ0n) is 18.3. The number of aromatic hydroxyl groups is 1. The molecule has 32 heavy (non-hydrogen) atoms. The van der Waals surface area contributed by atoms with Gasteiger partial charge in [-0.1, -0.05) is 26.0 Å². The molecule has 0 saturated carbocycles. The molecule has 0 spiro atoms. The smallest absolute Gasteiger partial charge is 0.295 e. The maximum Gasteiger partial charge on any atom is 0.295 e. The molecule has 2 aromatic rings. The van der Waals surface area contributed by atoms with Crippen molar-refractivity contribution in [3.8, 4) is 11.5 Å². The Balaban J connectivity index is 2.12. The second-order valence-electron chi connectivity index (χ2n) is 7.46. The van der Waals surface area contributed by atoms with Crippen molar-refractivity contribution >= 4 is 17.4 Å². The molecule has 0 bridgehead atoms. The molecular formula is C24H27FN2O5. The lowest BCUT2D eigenvalue weighted by molar-refractivity contribution is -0.140. The summed E-state index contributed by atoms with van der Waals surface area (Å²) < 4.78 is 19.2. The summed E-state index contributed by atoms with van der Waals surface area (Å²) in [5.74, 6) is -2.84. The first-order valence-corrected chi connectivity index (χ1v) is 10.5. The van der Waals surface area contributed by atoms with E-state index < -0.39 is 29.3 Å². The van der Waals surface area contributed by atoms with Gasteiger partial charge in [-0.3, -0.25) is 9.59 Å². The average molecular weight is 442 g/mol. The van der Waals surface area contributed by atoms with Gasteiger partial charge in [-0.25, -0.2) is 4.39 Å². The third kappa shape index (κ3) is 4.45. The summed E-state index contributed by atoms with van der Waals surface area (Å²) in [6.07, 6.45) is 0. The molecule has 1 saturated heterocycles. The number of benzene rings is 2. The molecule has 7 nitrogen and oxygen atoms in total. The molecule has 1 atom stereocenters. The second-order valence-corrected chi connectivity index (χ2v) is 7.46. The number of aliphatic hydroxyl groups is 1.